The summed E-state index contributed by atoms with van der Waals surface area (Å²) in [6, 6.07) is 37.4. The first-order valence-electron chi connectivity index (χ1n) is 15.7. The first kappa shape index (κ1) is 22.0. The third kappa shape index (κ3) is 4.27. The van der Waals surface area contributed by atoms with Crippen LogP contribution in [0.1, 0.15) is 9.68 Å². The molecule has 1 aliphatic heterocycles. The lowest BCUT2D eigenvalue weighted by molar-refractivity contribution is 0.463. The number of benzene rings is 4. The Morgan fingerprint density at radius 2 is 1.53 bits per heavy atom. The topological polar surface area (TPSA) is 46.4 Å². The monoisotopic (exact) mass is 562 g/mol. The molecular weight excluding hydrogens is 530 g/mol. The Morgan fingerprint density at radius 1 is 0.744 bits per heavy atom. The molecule has 0 unspecified atom stereocenters. The second kappa shape index (κ2) is 10.0. The van der Waals surface area contributed by atoms with Gasteiger partial charge in [-0.1, -0.05) is 60.7 Å². The number of anilines is 3. The maximum atomic E-state index is 8.36. The lowest BCUT2D eigenvalue weighted by Gasteiger charge is -2.20. The molecule has 0 saturated carbocycles. The van der Waals surface area contributed by atoms with Crippen LogP contribution < -0.4 is 14.5 Å². The van der Waals surface area contributed by atoms with Crippen molar-refractivity contribution >= 4 is 38.9 Å². The van der Waals surface area contributed by atoms with Crippen molar-refractivity contribution in [1.82, 2.24) is 14.5 Å². The second-order valence-electron chi connectivity index (χ2n) is 10.7. The van der Waals surface area contributed by atoms with Crippen LogP contribution in [0.3, 0.4) is 0 Å². The molecule has 0 bridgehead atoms. The summed E-state index contributed by atoms with van der Waals surface area (Å²) in [5.74, 6) is 1.60. The zero-order chi connectivity index (χ0) is 31.4. The largest absolute Gasteiger partial charge is 0.439 e. The fourth-order valence-corrected chi connectivity index (χ4v) is 6.02. The Kier molecular flexibility index (Phi) is 5.14. The van der Waals surface area contributed by atoms with Crippen molar-refractivity contribution in [2.75, 3.05) is 23.5 Å². The molecule has 0 atom stereocenters. The Balaban J connectivity index is 1.22. The van der Waals surface area contributed by atoms with Crippen molar-refractivity contribution < 1.29 is 8.85 Å². The van der Waals surface area contributed by atoms with Crippen LogP contribution in [0, 0.1) is 6.85 Å². The summed E-state index contributed by atoms with van der Waals surface area (Å²) < 4.78 is 33.5. The maximum absolute atomic E-state index is 8.36. The van der Waals surface area contributed by atoms with Crippen LogP contribution in [0.4, 0.5) is 17.1 Å². The molecular formula is C37H29N5O. The molecule has 0 radical (unpaired) electrons. The number of aryl methyl sites for hydroxylation is 1. The van der Waals surface area contributed by atoms with Crippen LogP contribution >= 0.6 is 0 Å². The SMILES string of the molecule is [2H]C([2H])([2H])c1cc(-n2c3ccccc3c3ccc(Oc4cc(N5CN(C)c6ccccc65)ccn4)cc32)ncc1-c1ccccc1. The lowest BCUT2D eigenvalue weighted by Crippen LogP contribution is -2.23. The standard InChI is InChI=1S/C37H29N5O/c1-25-20-36(39-23-31(25)26-10-4-3-5-11-26)42-32-13-7-6-12-29(32)30-17-16-28(22-35(30)42)43-37-21-27(18-19-38-37)41-24-40(2)33-14-8-9-15-34(33)41/h3-23H,24H2,1-2H3/i1D3. The number of hydrogen-bond acceptors (Lipinski definition) is 5. The second-order valence-corrected chi connectivity index (χ2v) is 10.7. The number of pyridine rings is 2. The molecule has 0 amide bonds. The molecule has 7 aromatic rings. The summed E-state index contributed by atoms with van der Waals surface area (Å²) >= 11 is 0. The van der Waals surface area contributed by atoms with Gasteiger partial charge in [-0.15, -0.1) is 0 Å². The summed E-state index contributed by atoms with van der Waals surface area (Å²) in [7, 11) is 2.08. The molecule has 6 heteroatoms. The number of para-hydroxylation sites is 3. The van der Waals surface area contributed by atoms with Crippen molar-refractivity contribution in [3.8, 4) is 28.6 Å². The van der Waals surface area contributed by atoms with Crippen LogP contribution in [0.5, 0.6) is 11.6 Å². The van der Waals surface area contributed by atoms with Gasteiger partial charge in [0.25, 0.3) is 0 Å². The van der Waals surface area contributed by atoms with E-state index >= 15 is 0 Å². The fraction of sp³-hybridized carbons (Fsp3) is 0.0811. The highest BCUT2D eigenvalue weighted by Crippen LogP contribution is 2.41. The van der Waals surface area contributed by atoms with Crippen LogP contribution in [-0.4, -0.2) is 28.3 Å². The van der Waals surface area contributed by atoms with Crippen LogP contribution in [0.2, 0.25) is 0 Å². The molecule has 4 aromatic carbocycles. The Morgan fingerprint density at radius 3 is 2.42 bits per heavy atom. The minimum absolute atomic E-state index is 0.247. The Bertz CT molecular complexity index is 2250. The van der Waals surface area contributed by atoms with Gasteiger partial charge >= 0.3 is 0 Å². The highest BCUT2D eigenvalue weighted by atomic mass is 16.5. The zero-order valence-electron chi connectivity index (χ0n) is 26.5. The third-order valence-corrected chi connectivity index (χ3v) is 8.04. The number of nitrogens with zero attached hydrogens (tertiary/aromatic N) is 5. The third-order valence-electron chi connectivity index (χ3n) is 8.04. The summed E-state index contributed by atoms with van der Waals surface area (Å²) in [6.07, 6.45) is 3.42. The van der Waals surface area contributed by atoms with E-state index in [0.29, 0.717) is 23.0 Å². The van der Waals surface area contributed by atoms with E-state index in [2.05, 4.69) is 40.0 Å². The molecule has 0 spiro atoms. The van der Waals surface area contributed by atoms with Crippen LogP contribution in [0.15, 0.2) is 128 Å². The number of aromatic nitrogens is 3. The number of hydrogen-bond donors (Lipinski definition) is 0. The lowest BCUT2D eigenvalue weighted by atomic mass is 10.0. The van der Waals surface area contributed by atoms with Crippen molar-refractivity contribution in [1.29, 1.82) is 0 Å². The van der Waals surface area contributed by atoms with Gasteiger partial charge in [-0.05, 0) is 60.4 Å². The predicted molar refractivity (Wildman–Crippen MR) is 175 cm³/mol. The molecule has 6 nitrogen and oxygen atoms in total. The van der Waals surface area contributed by atoms with Gasteiger partial charge in [0.1, 0.15) is 11.6 Å². The van der Waals surface area contributed by atoms with Crippen molar-refractivity contribution in [3.05, 3.63) is 133 Å². The molecule has 0 N–H and O–H groups in total. The molecule has 4 heterocycles. The number of ether oxygens (including phenoxy) is 1. The number of fused-ring (bicyclic) bond motifs is 4. The predicted octanol–water partition coefficient (Wildman–Crippen LogP) is 8.89. The van der Waals surface area contributed by atoms with Gasteiger partial charge in [-0.2, -0.15) is 0 Å². The first-order valence-corrected chi connectivity index (χ1v) is 14.2. The molecule has 8 rings (SSSR count). The van der Waals surface area contributed by atoms with E-state index in [1.54, 1.807) is 18.5 Å². The van der Waals surface area contributed by atoms with Crippen LogP contribution in [0.25, 0.3) is 38.8 Å². The smallest absolute Gasteiger partial charge is 0.221 e. The summed E-state index contributed by atoms with van der Waals surface area (Å²) in [5, 5.41) is 2.04. The maximum Gasteiger partial charge on any atom is 0.221 e. The summed E-state index contributed by atoms with van der Waals surface area (Å²) in [6.45, 7) is -1.61. The molecule has 3 aromatic heterocycles. The van der Waals surface area contributed by atoms with E-state index in [-0.39, 0.29) is 5.56 Å². The normalized spacial score (nSPS) is 14.0. The van der Waals surface area contributed by atoms with E-state index in [1.807, 2.05) is 95.6 Å². The van der Waals surface area contributed by atoms with Crippen molar-refractivity contribution in [2.45, 2.75) is 6.85 Å². The van der Waals surface area contributed by atoms with E-state index in [0.717, 1.165) is 45.4 Å². The molecule has 0 aliphatic carbocycles. The molecule has 1 aliphatic rings. The van der Waals surface area contributed by atoms with Gasteiger partial charge in [-0.3, -0.25) is 4.57 Å². The average Bonchev–Trinajstić information content (AvgIpc) is 3.59. The zero-order valence-corrected chi connectivity index (χ0v) is 23.5. The van der Waals surface area contributed by atoms with Gasteiger partial charge in [-0.25, -0.2) is 9.97 Å². The van der Waals surface area contributed by atoms with E-state index in [9.17, 15) is 0 Å². The first-order chi connectivity index (χ1) is 22.3. The molecule has 0 saturated heterocycles. The van der Waals surface area contributed by atoms with Crippen molar-refractivity contribution in [3.63, 3.8) is 0 Å². The summed E-state index contributed by atoms with van der Waals surface area (Å²) in [4.78, 5) is 13.8. The van der Waals surface area contributed by atoms with Gasteiger partial charge < -0.3 is 14.5 Å². The van der Waals surface area contributed by atoms with E-state index < -0.39 is 6.85 Å². The Hall–Kier alpha value is -5.62. The summed E-state index contributed by atoms with van der Waals surface area (Å²) in [5.41, 5.74) is 6.71. The number of rotatable bonds is 5. The van der Waals surface area contributed by atoms with Gasteiger partial charge in [0.15, 0.2) is 0 Å². The highest BCUT2D eigenvalue weighted by molar-refractivity contribution is 6.09. The minimum Gasteiger partial charge on any atom is -0.439 e. The molecule has 208 valence electrons. The van der Waals surface area contributed by atoms with Gasteiger partial charge in [0, 0.05) is 57.7 Å². The quantitative estimate of drug-likeness (QED) is 0.210. The highest BCUT2D eigenvalue weighted by Gasteiger charge is 2.24. The molecule has 43 heavy (non-hydrogen) atoms. The van der Waals surface area contributed by atoms with Crippen LogP contribution in [-0.2, 0) is 0 Å². The molecule has 0 fully saturated rings. The van der Waals surface area contributed by atoms with E-state index in [1.165, 1.54) is 5.69 Å². The van der Waals surface area contributed by atoms with Crippen molar-refractivity contribution in [2.24, 2.45) is 0 Å². The fourth-order valence-electron chi connectivity index (χ4n) is 6.02. The van der Waals surface area contributed by atoms with Gasteiger partial charge in [0.2, 0.25) is 5.88 Å². The average molecular weight is 563 g/mol. The minimum atomic E-state index is -2.34. The van der Waals surface area contributed by atoms with E-state index in [4.69, 9.17) is 13.8 Å². The Labute approximate surface area is 254 Å². The van der Waals surface area contributed by atoms with Gasteiger partial charge in [0.05, 0.1) is 29.1 Å².